The number of nitrogens with zero attached hydrogens (tertiary/aromatic N) is 3. The molecule has 3 rings (SSSR count). The molecule has 0 saturated carbocycles. The van der Waals surface area contributed by atoms with E-state index in [-0.39, 0.29) is 11.4 Å². The minimum absolute atomic E-state index is 0.0178. The summed E-state index contributed by atoms with van der Waals surface area (Å²) in [6.07, 6.45) is -3.24. The number of carbonyl (C=O) groups excluding carboxylic acids is 1. The van der Waals surface area contributed by atoms with Crippen molar-refractivity contribution >= 4 is 35.0 Å². The second-order valence-corrected chi connectivity index (χ2v) is 8.19. The lowest BCUT2D eigenvalue weighted by molar-refractivity contribution is -0.137. The average Bonchev–Trinajstić information content (AvgIpc) is 3.16. The summed E-state index contributed by atoms with van der Waals surface area (Å²) in [7, 11) is 0. The molecule has 0 aliphatic heterocycles. The Bertz CT molecular complexity index is 1120. The fourth-order valence-electron chi connectivity index (χ4n) is 2.86. The number of allylic oxidation sites excluding steroid dienone is 1. The van der Waals surface area contributed by atoms with Crippen molar-refractivity contribution in [1.29, 1.82) is 0 Å². The average molecular weight is 497 g/mol. The fourth-order valence-corrected chi connectivity index (χ4v) is 3.80. The van der Waals surface area contributed by atoms with Gasteiger partial charge in [0.25, 0.3) is 0 Å². The summed E-state index contributed by atoms with van der Waals surface area (Å²) in [4.78, 5) is 12.3. The third-order valence-corrected chi connectivity index (χ3v) is 5.67. The lowest BCUT2D eigenvalue weighted by Crippen LogP contribution is -2.16. The van der Waals surface area contributed by atoms with E-state index >= 15 is 0 Å². The SMILES string of the molecule is C=CCn1c(SCC(=O)Nc2ccc(C(F)(F)F)cc2)nnc1C(C)Oc1ccccc1Cl. The smallest absolute Gasteiger partial charge is 0.416 e. The van der Waals surface area contributed by atoms with Crippen LogP contribution in [0.1, 0.15) is 24.4 Å². The van der Waals surface area contributed by atoms with Gasteiger partial charge in [0.1, 0.15) is 5.75 Å². The number of carbonyl (C=O) groups is 1. The highest BCUT2D eigenvalue weighted by atomic mass is 35.5. The third-order valence-electron chi connectivity index (χ3n) is 4.39. The number of thioether (sulfide) groups is 1. The van der Waals surface area contributed by atoms with Crippen LogP contribution in [0.15, 0.2) is 66.3 Å². The van der Waals surface area contributed by atoms with E-state index < -0.39 is 23.8 Å². The predicted molar refractivity (Wildman–Crippen MR) is 122 cm³/mol. The van der Waals surface area contributed by atoms with Crippen LogP contribution in [0.3, 0.4) is 0 Å². The van der Waals surface area contributed by atoms with Gasteiger partial charge in [-0.05, 0) is 43.3 Å². The zero-order valence-electron chi connectivity index (χ0n) is 17.5. The van der Waals surface area contributed by atoms with E-state index in [0.29, 0.717) is 28.3 Å². The molecule has 0 saturated heterocycles. The van der Waals surface area contributed by atoms with Crippen LogP contribution >= 0.6 is 23.4 Å². The van der Waals surface area contributed by atoms with Crippen LogP contribution in [0.2, 0.25) is 5.02 Å². The van der Waals surface area contributed by atoms with Crippen molar-refractivity contribution in [3.05, 3.63) is 77.6 Å². The summed E-state index contributed by atoms with van der Waals surface area (Å²) in [5.41, 5.74) is -0.517. The monoisotopic (exact) mass is 496 g/mol. The number of hydrogen-bond donors (Lipinski definition) is 1. The Kier molecular flexibility index (Phi) is 8.04. The van der Waals surface area contributed by atoms with Crippen LogP contribution in [-0.4, -0.2) is 26.4 Å². The van der Waals surface area contributed by atoms with Crippen molar-refractivity contribution in [2.75, 3.05) is 11.1 Å². The van der Waals surface area contributed by atoms with Crippen molar-refractivity contribution in [3.63, 3.8) is 0 Å². The topological polar surface area (TPSA) is 69.0 Å². The number of nitrogens with one attached hydrogen (secondary N) is 1. The Morgan fingerprint density at radius 2 is 1.94 bits per heavy atom. The first-order valence-corrected chi connectivity index (χ1v) is 11.1. The van der Waals surface area contributed by atoms with Crippen molar-refractivity contribution < 1.29 is 22.7 Å². The number of anilines is 1. The van der Waals surface area contributed by atoms with Gasteiger partial charge >= 0.3 is 6.18 Å². The highest BCUT2D eigenvalue weighted by Crippen LogP contribution is 2.31. The molecule has 1 unspecified atom stereocenters. The Balaban J connectivity index is 1.65. The molecule has 2 aromatic carbocycles. The summed E-state index contributed by atoms with van der Waals surface area (Å²) in [6.45, 7) is 5.94. The molecule has 0 fully saturated rings. The molecule has 6 nitrogen and oxygen atoms in total. The van der Waals surface area contributed by atoms with Crippen LogP contribution in [-0.2, 0) is 17.5 Å². The molecule has 11 heteroatoms. The van der Waals surface area contributed by atoms with Gasteiger partial charge < -0.3 is 10.1 Å². The van der Waals surface area contributed by atoms with Gasteiger partial charge in [0.05, 0.1) is 16.3 Å². The zero-order valence-corrected chi connectivity index (χ0v) is 19.0. The minimum Gasteiger partial charge on any atom is -0.481 e. The van der Waals surface area contributed by atoms with Crippen LogP contribution in [0.4, 0.5) is 18.9 Å². The van der Waals surface area contributed by atoms with Gasteiger partial charge in [-0.2, -0.15) is 13.2 Å². The van der Waals surface area contributed by atoms with E-state index in [2.05, 4.69) is 22.1 Å². The molecule has 1 amide bonds. The van der Waals surface area contributed by atoms with Crippen LogP contribution in [0, 0.1) is 0 Å². The molecule has 1 aromatic heterocycles. The first kappa shape index (κ1) is 24.7. The quantitative estimate of drug-likeness (QED) is 0.290. The van der Waals surface area contributed by atoms with Gasteiger partial charge in [0.15, 0.2) is 17.1 Å². The number of halogens is 4. The summed E-state index contributed by atoms with van der Waals surface area (Å²) < 4.78 is 45.7. The Hall–Kier alpha value is -2.98. The normalized spacial score (nSPS) is 12.3. The van der Waals surface area contributed by atoms with E-state index in [1.165, 1.54) is 12.1 Å². The standard InChI is InChI=1S/C22H20ClF3N4O2S/c1-3-12-30-20(14(2)32-18-7-5-4-6-17(18)23)28-29-21(30)33-13-19(31)27-16-10-8-15(9-11-16)22(24,25)26/h3-11,14H,1,12-13H2,2H3,(H,27,31). The Morgan fingerprint density at radius 3 is 2.58 bits per heavy atom. The number of hydrogen-bond acceptors (Lipinski definition) is 5. The van der Waals surface area contributed by atoms with Gasteiger partial charge in [-0.1, -0.05) is 41.6 Å². The van der Waals surface area contributed by atoms with Gasteiger partial charge in [-0.25, -0.2) is 0 Å². The second kappa shape index (κ2) is 10.8. The van der Waals surface area contributed by atoms with Crippen LogP contribution in [0.25, 0.3) is 0 Å². The van der Waals surface area contributed by atoms with Crippen LogP contribution < -0.4 is 10.1 Å². The molecule has 174 valence electrons. The summed E-state index contributed by atoms with van der Waals surface area (Å²) >= 11 is 7.29. The molecule has 1 heterocycles. The van der Waals surface area contributed by atoms with Crippen molar-refractivity contribution in [3.8, 4) is 5.75 Å². The lowest BCUT2D eigenvalue weighted by atomic mass is 10.2. The molecule has 0 aliphatic rings. The molecular formula is C22H20ClF3N4O2S. The second-order valence-electron chi connectivity index (χ2n) is 6.84. The Labute approximate surface area is 197 Å². The van der Waals surface area contributed by atoms with E-state index in [4.69, 9.17) is 16.3 Å². The molecule has 0 bridgehead atoms. The van der Waals surface area contributed by atoms with Crippen molar-refractivity contribution in [2.45, 2.75) is 30.9 Å². The van der Waals surface area contributed by atoms with Crippen molar-refractivity contribution in [2.24, 2.45) is 0 Å². The van der Waals surface area contributed by atoms with Gasteiger partial charge in [0.2, 0.25) is 5.91 Å². The maximum Gasteiger partial charge on any atom is 0.416 e. The molecule has 0 aliphatic carbocycles. The maximum absolute atomic E-state index is 12.7. The maximum atomic E-state index is 12.7. The van der Waals surface area contributed by atoms with Gasteiger partial charge in [0, 0.05) is 12.2 Å². The van der Waals surface area contributed by atoms with E-state index in [0.717, 1.165) is 23.9 Å². The number of amides is 1. The number of aromatic nitrogens is 3. The number of para-hydroxylation sites is 1. The first-order chi connectivity index (χ1) is 15.7. The van der Waals surface area contributed by atoms with E-state index in [9.17, 15) is 18.0 Å². The van der Waals surface area contributed by atoms with Gasteiger partial charge in [-0.3, -0.25) is 9.36 Å². The molecule has 0 radical (unpaired) electrons. The van der Waals surface area contributed by atoms with Gasteiger partial charge in [-0.15, -0.1) is 16.8 Å². The summed E-state index contributed by atoms with van der Waals surface area (Å²) in [6, 6.07) is 11.3. The third kappa shape index (κ3) is 6.52. The minimum atomic E-state index is -4.43. The van der Waals surface area contributed by atoms with Crippen LogP contribution in [0.5, 0.6) is 5.75 Å². The Morgan fingerprint density at radius 1 is 1.24 bits per heavy atom. The molecule has 1 N–H and O–H groups in total. The first-order valence-electron chi connectivity index (χ1n) is 9.74. The molecule has 1 atom stereocenters. The predicted octanol–water partition coefficient (Wildman–Crippen LogP) is 6.01. The lowest BCUT2D eigenvalue weighted by Gasteiger charge is -2.16. The summed E-state index contributed by atoms with van der Waals surface area (Å²) in [5.74, 6) is 0.621. The molecule has 0 spiro atoms. The number of alkyl halides is 3. The van der Waals surface area contributed by atoms with E-state index in [1.54, 1.807) is 41.8 Å². The number of rotatable bonds is 9. The zero-order chi connectivity index (χ0) is 24.0. The van der Waals surface area contributed by atoms with E-state index in [1.807, 2.05) is 0 Å². The molecule has 3 aromatic rings. The highest BCUT2D eigenvalue weighted by Gasteiger charge is 2.30. The number of ether oxygens (including phenoxy) is 1. The highest BCUT2D eigenvalue weighted by molar-refractivity contribution is 7.99. The molecule has 33 heavy (non-hydrogen) atoms. The number of benzene rings is 2. The summed E-state index contributed by atoms with van der Waals surface area (Å²) in [5, 5.41) is 11.8. The van der Waals surface area contributed by atoms with Crippen molar-refractivity contribution in [1.82, 2.24) is 14.8 Å². The largest absolute Gasteiger partial charge is 0.481 e. The fraction of sp³-hybridized carbons (Fsp3) is 0.227. The molecular weight excluding hydrogens is 477 g/mol.